The van der Waals surface area contributed by atoms with Crippen molar-refractivity contribution in [2.75, 3.05) is 25.3 Å². The van der Waals surface area contributed by atoms with E-state index in [1.54, 1.807) is 30.3 Å². The van der Waals surface area contributed by atoms with E-state index >= 15 is 0 Å². The number of benzene rings is 2. The summed E-state index contributed by atoms with van der Waals surface area (Å²) in [5, 5.41) is 2.78. The van der Waals surface area contributed by atoms with E-state index in [0.717, 1.165) is 5.56 Å². The summed E-state index contributed by atoms with van der Waals surface area (Å²) in [4.78, 5) is 12.5. The number of nitrogen functional groups attached to an aromatic ring is 1. The lowest BCUT2D eigenvalue weighted by atomic mass is 10.1. The number of amides is 1. The molecule has 5 nitrogen and oxygen atoms in total. The quantitative estimate of drug-likeness (QED) is 0.848. The zero-order chi connectivity index (χ0) is 15.4. The maximum absolute atomic E-state index is 12.5. The minimum atomic E-state index is -0.333. The van der Waals surface area contributed by atoms with Crippen LogP contribution in [0.2, 0.25) is 0 Å². The molecule has 5 heteroatoms. The van der Waals surface area contributed by atoms with Gasteiger partial charge in [-0.05, 0) is 36.8 Å². The van der Waals surface area contributed by atoms with Crippen LogP contribution in [0, 0.1) is 6.92 Å². The summed E-state index contributed by atoms with van der Waals surface area (Å²) >= 11 is 0. The first-order valence-corrected chi connectivity index (χ1v) is 6.45. The molecule has 0 aliphatic carbocycles. The molecule has 0 spiro atoms. The molecule has 0 heterocycles. The molecule has 0 bridgehead atoms. The molecule has 3 N–H and O–H groups in total. The number of ether oxygens (including phenoxy) is 2. The van der Waals surface area contributed by atoms with Gasteiger partial charge < -0.3 is 20.5 Å². The highest BCUT2D eigenvalue weighted by molar-refractivity contribution is 6.09. The monoisotopic (exact) mass is 286 g/mol. The number of carbonyl (C=O) groups is 1. The van der Waals surface area contributed by atoms with Crippen molar-refractivity contribution < 1.29 is 14.3 Å². The van der Waals surface area contributed by atoms with Gasteiger partial charge in [-0.15, -0.1) is 0 Å². The Morgan fingerprint density at radius 3 is 2.24 bits per heavy atom. The lowest BCUT2D eigenvalue weighted by molar-refractivity contribution is 0.102. The summed E-state index contributed by atoms with van der Waals surface area (Å²) < 4.78 is 10.4. The van der Waals surface area contributed by atoms with Crippen LogP contribution in [0.15, 0.2) is 36.4 Å². The van der Waals surface area contributed by atoms with Crippen LogP contribution < -0.4 is 20.5 Å². The molecule has 2 aromatic rings. The predicted molar refractivity (Wildman–Crippen MR) is 83.1 cm³/mol. The Balaban J connectivity index is 2.36. The third-order valence-electron chi connectivity index (χ3n) is 3.11. The lowest BCUT2D eigenvalue weighted by Crippen LogP contribution is -2.15. The van der Waals surface area contributed by atoms with E-state index in [1.165, 1.54) is 14.2 Å². The van der Waals surface area contributed by atoms with Crippen LogP contribution in [0.1, 0.15) is 15.9 Å². The molecule has 0 atom stereocenters. The van der Waals surface area contributed by atoms with Gasteiger partial charge in [0.05, 0.1) is 25.6 Å². The van der Waals surface area contributed by atoms with Crippen molar-refractivity contribution >= 4 is 17.3 Å². The number of methoxy groups -OCH3 is 2. The van der Waals surface area contributed by atoms with E-state index in [4.69, 9.17) is 15.2 Å². The number of hydrogen-bond donors (Lipinski definition) is 2. The summed E-state index contributed by atoms with van der Waals surface area (Å²) in [6.45, 7) is 1.94. The fourth-order valence-electron chi connectivity index (χ4n) is 2.06. The van der Waals surface area contributed by atoms with Crippen LogP contribution in [0.4, 0.5) is 11.4 Å². The molecule has 2 aromatic carbocycles. The Morgan fingerprint density at radius 2 is 1.71 bits per heavy atom. The van der Waals surface area contributed by atoms with Crippen molar-refractivity contribution in [2.45, 2.75) is 6.92 Å². The molecule has 110 valence electrons. The van der Waals surface area contributed by atoms with Crippen molar-refractivity contribution in [3.05, 3.63) is 47.5 Å². The van der Waals surface area contributed by atoms with E-state index in [2.05, 4.69) is 5.32 Å². The Hall–Kier alpha value is -2.69. The van der Waals surface area contributed by atoms with Crippen molar-refractivity contribution in [3.63, 3.8) is 0 Å². The Kier molecular flexibility index (Phi) is 4.33. The van der Waals surface area contributed by atoms with Gasteiger partial charge in [0.1, 0.15) is 17.1 Å². The maximum atomic E-state index is 12.5. The highest BCUT2D eigenvalue weighted by Crippen LogP contribution is 2.30. The van der Waals surface area contributed by atoms with E-state index in [9.17, 15) is 4.79 Å². The summed E-state index contributed by atoms with van der Waals surface area (Å²) in [5.74, 6) is 0.551. The molecule has 0 fully saturated rings. The van der Waals surface area contributed by atoms with Crippen LogP contribution in [0.25, 0.3) is 0 Å². The molecular weight excluding hydrogens is 268 g/mol. The van der Waals surface area contributed by atoms with E-state index < -0.39 is 0 Å². The SMILES string of the molecule is COc1cccc(OC)c1C(=O)Nc1ccc(C)cc1N. The van der Waals surface area contributed by atoms with Gasteiger partial charge in [-0.1, -0.05) is 12.1 Å². The summed E-state index contributed by atoms with van der Waals surface area (Å²) in [6, 6.07) is 10.6. The van der Waals surface area contributed by atoms with Gasteiger partial charge >= 0.3 is 0 Å². The van der Waals surface area contributed by atoms with Crippen LogP contribution in [0.5, 0.6) is 11.5 Å². The number of nitrogens with one attached hydrogen (secondary N) is 1. The Labute approximate surface area is 123 Å². The average Bonchev–Trinajstić information content (AvgIpc) is 2.49. The second-order valence-corrected chi connectivity index (χ2v) is 4.58. The zero-order valence-electron chi connectivity index (χ0n) is 12.3. The summed E-state index contributed by atoms with van der Waals surface area (Å²) in [7, 11) is 3.01. The van der Waals surface area contributed by atoms with Gasteiger partial charge in [-0.3, -0.25) is 4.79 Å². The molecule has 0 aliphatic heterocycles. The normalized spacial score (nSPS) is 10.0. The van der Waals surface area contributed by atoms with Crippen LogP contribution in [-0.4, -0.2) is 20.1 Å². The number of hydrogen-bond acceptors (Lipinski definition) is 4. The zero-order valence-corrected chi connectivity index (χ0v) is 12.3. The highest BCUT2D eigenvalue weighted by Gasteiger charge is 2.18. The molecular formula is C16H18N2O3. The first kappa shape index (κ1) is 14.7. The first-order chi connectivity index (χ1) is 10.1. The smallest absolute Gasteiger partial charge is 0.263 e. The first-order valence-electron chi connectivity index (χ1n) is 6.45. The van der Waals surface area contributed by atoms with Crippen LogP contribution in [0.3, 0.4) is 0 Å². The second kappa shape index (κ2) is 6.17. The largest absolute Gasteiger partial charge is 0.496 e. The maximum Gasteiger partial charge on any atom is 0.263 e. The minimum absolute atomic E-state index is 0.333. The van der Waals surface area contributed by atoms with E-state index in [-0.39, 0.29) is 5.91 Å². The molecule has 0 aromatic heterocycles. The predicted octanol–water partition coefficient (Wildman–Crippen LogP) is 2.85. The van der Waals surface area contributed by atoms with Crippen molar-refractivity contribution in [1.29, 1.82) is 0 Å². The minimum Gasteiger partial charge on any atom is -0.496 e. The molecule has 0 saturated heterocycles. The van der Waals surface area contributed by atoms with Gasteiger partial charge in [-0.2, -0.15) is 0 Å². The molecule has 1 amide bonds. The van der Waals surface area contributed by atoms with Gasteiger partial charge in [-0.25, -0.2) is 0 Å². The van der Waals surface area contributed by atoms with E-state index in [1.807, 2.05) is 13.0 Å². The van der Waals surface area contributed by atoms with Gasteiger partial charge in [0.25, 0.3) is 5.91 Å². The van der Waals surface area contributed by atoms with Crippen molar-refractivity contribution in [2.24, 2.45) is 0 Å². The van der Waals surface area contributed by atoms with E-state index in [0.29, 0.717) is 28.4 Å². The molecule has 0 unspecified atom stereocenters. The molecule has 0 radical (unpaired) electrons. The summed E-state index contributed by atoms with van der Waals surface area (Å²) in [6.07, 6.45) is 0. The fraction of sp³-hybridized carbons (Fsp3) is 0.188. The molecule has 0 saturated carbocycles. The average molecular weight is 286 g/mol. The lowest BCUT2D eigenvalue weighted by Gasteiger charge is -2.14. The number of aryl methyl sites for hydroxylation is 1. The number of carbonyl (C=O) groups excluding carboxylic acids is 1. The third kappa shape index (κ3) is 3.08. The molecule has 2 rings (SSSR count). The second-order valence-electron chi connectivity index (χ2n) is 4.58. The van der Waals surface area contributed by atoms with Gasteiger partial charge in [0.2, 0.25) is 0 Å². The number of nitrogens with two attached hydrogens (primary N) is 1. The molecule has 21 heavy (non-hydrogen) atoms. The van der Waals surface area contributed by atoms with Crippen LogP contribution >= 0.6 is 0 Å². The van der Waals surface area contributed by atoms with Gasteiger partial charge in [0, 0.05) is 0 Å². The van der Waals surface area contributed by atoms with Crippen molar-refractivity contribution in [3.8, 4) is 11.5 Å². The standard InChI is InChI=1S/C16H18N2O3/c1-10-7-8-12(11(17)9-10)18-16(19)15-13(20-2)5-4-6-14(15)21-3/h4-9H,17H2,1-3H3,(H,18,19). The third-order valence-corrected chi connectivity index (χ3v) is 3.11. The summed E-state index contributed by atoms with van der Waals surface area (Å²) in [5.41, 5.74) is 8.34. The number of rotatable bonds is 4. The molecule has 0 aliphatic rings. The fourth-order valence-corrected chi connectivity index (χ4v) is 2.06. The van der Waals surface area contributed by atoms with Crippen molar-refractivity contribution in [1.82, 2.24) is 0 Å². The van der Waals surface area contributed by atoms with Crippen LogP contribution in [-0.2, 0) is 0 Å². The van der Waals surface area contributed by atoms with Gasteiger partial charge in [0.15, 0.2) is 0 Å². The Bertz CT molecular complexity index is 646. The highest BCUT2D eigenvalue weighted by atomic mass is 16.5. The Morgan fingerprint density at radius 1 is 1.10 bits per heavy atom. The topological polar surface area (TPSA) is 73.6 Å². The number of anilines is 2.